The fraction of sp³-hybridized carbons (Fsp3) is 0.571. The summed E-state index contributed by atoms with van der Waals surface area (Å²) in [5.74, 6) is 0. The van der Waals surface area contributed by atoms with Gasteiger partial charge in [-0.05, 0) is 0 Å². The molecule has 0 spiro atoms. The molecule has 2 heterocycles. The molecule has 1 aliphatic heterocycles. The Bertz CT molecular complexity index is 189. The van der Waals surface area contributed by atoms with Gasteiger partial charge >= 0.3 is 0 Å². The highest BCUT2D eigenvalue weighted by molar-refractivity contribution is 7.09. The topological polar surface area (TPSA) is 29.5 Å². The van der Waals surface area contributed by atoms with Gasteiger partial charge in [-0.2, -0.15) is 0 Å². The first kappa shape index (κ1) is 6.31. The average Bonchev–Trinajstić information content (AvgIpc) is 2.59. The highest BCUT2D eigenvalue weighted by Gasteiger charge is 2.21. The van der Waals surface area contributed by atoms with Crippen LogP contribution in [0.3, 0.4) is 0 Å². The lowest BCUT2D eigenvalue weighted by atomic mass is 10.2. The van der Waals surface area contributed by atoms with Crippen LogP contribution in [0.1, 0.15) is 23.9 Å². The maximum absolute atomic E-state index is 4.29. The number of hydrogen-bond donors (Lipinski definition) is 1. The molecule has 2 N–H and O–H groups in total. The van der Waals surface area contributed by atoms with Gasteiger partial charge in [-0.3, -0.25) is 0 Å². The second kappa shape index (κ2) is 2.68. The summed E-state index contributed by atoms with van der Waals surface area (Å²) in [6.07, 6.45) is 4.56. The first-order chi connectivity index (χ1) is 4.97. The first-order valence-electron chi connectivity index (χ1n) is 3.69. The highest BCUT2D eigenvalue weighted by atomic mass is 32.1. The van der Waals surface area contributed by atoms with Gasteiger partial charge < -0.3 is 5.32 Å². The molecule has 1 aromatic rings. The molecule has 2 rings (SSSR count). The van der Waals surface area contributed by atoms with Crippen LogP contribution in [0, 0.1) is 0 Å². The molecule has 1 saturated heterocycles. The van der Waals surface area contributed by atoms with Gasteiger partial charge in [0.25, 0.3) is 0 Å². The van der Waals surface area contributed by atoms with Crippen LogP contribution in [0.5, 0.6) is 0 Å². The summed E-state index contributed by atoms with van der Waals surface area (Å²) in [5.41, 5.74) is 0. The van der Waals surface area contributed by atoms with Crippen LogP contribution in [0.2, 0.25) is 0 Å². The molecule has 54 valence electrons. The second-order valence-electron chi connectivity index (χ2n) is 2.64. The molecule has 1 fully saturated rings. The van der Waals surface area contributed by atoms with Gasteiger partial charge in [0.1, 0.15) is 6.04 Å². The fourth-order valence-corrected chi connectivity index (χ4v) is 2.19. The van der Waals surface area contributed by atoms with Crippen LogP contribution in [0.25, 0.3) is 0 Å². The van der Waals surface area contributed by atoms with Gasteiger partial charge in [0.2, 0.25) is 0 Å². The minimum atomic E-state index is 0.681. The van der Waals surface area contributed by atoms with Gasteiger partial charge in [-0.1, -0.05) is 0 Å². The van der Waals surface area contributed by atoms with Gasteiger partial charge in [0.05, 0.1) is 6.54 Å². The molecule has 0 unspecified atom stereocenters. The van der Waals surface area contributed by atoms with Gasteiger partial charge in [0, 0.05) is 24.4 Å². The SMILES string of the molecule is c1csc([C@@H]2CCC[NH2+]2)n1. The molecule has 0 aromatic carbocycles. The summed E-state index contributed by atoms with van der Waals surface area (Å²) < 4.78 is 0. The van der Waals surface area contributed by atoms with Gasteiger partial charge in [0.15, 0.2) is 5.01 Å². The van der Waals surface area contributed by atoms with E-state index in [0.29, 0.717) is 6.04 Å². The maximum Gasteiger partial charge on any atom is 0.150 e. The van der Waals surface area contributed by atoms with Crippen molar-refractivity contribution in [3.8, 4) is 0 Å². The number of nitrogens with zero attached hydrogens (tertiary/aromatic N) is 1. The molecule has 3 heteroatoms. The molecular formula is C7H11N2S+. The molecule has 0 saturated carbocycles. The number of rotatable bonds is 1. The summed E-state index contributed by atoms with van der Waals surface area (Å²) >= 11 is 1.78. The third-order valence-electron chi connectivity index (χ3n) is 1.94. The van der Waals surface area contributed by atoms with E-state index in [1.54, 1.807) is 11.3 Å². The molecule has 0 amide bonds. The number of hydrogen-bond acceptors (Lipinski definition) is 2. The van der Waals surface area contributed by atoms with E-state index in [-0.39, 0.29) is 0 Å². The van der Waals surface area contributed by atoms with E-state index < -0.39 is 0 Å². The minimum absolute atomic E-state index is 0.681. The Morgan fingerprint density at radius 3 is 3.30 bits per heavy atom. The number of aromatic nitrogens is 1. The molecule has 1 aliphatic rings. The van der Waals surface area contributed by atoms with Crippen molar-refractivity contribution in [2.24, 2.45) is 0 Å². The van der Waals surface area contributed by atoms with E-state index in [9.17, 15) is 0 Å². The minimum Gasteiger partial charge on any atom is -0.338 e. The van der Waals surface area contributed by atoms with Gasteiger partial charge in [-0.25, -0.2) is 4.98 Å². The van der Waals surface area contributed by atoms with Crippen LogP contribution in [-0.2, 0) is 0 Å². The summed E-state index contributed by atoms with van der Waals surface area (Å²) in [5, 5.41) is 5.75. The number of quaternary nitrogens is 1. The summed E-state index contributed by atoms with van der Waals surface area (Å²) in [7, 11) is 0. The van der Waals surface area contributed by atoms with Crippen molar-refractivity contribution >= 4 is 11.3 Å². The zero-order valence-electron chi connectivity index (χ0n) is 5.79. The van der Waals surface area contributed by atoms with E-state index in [4.69, 9.17) is 0 Å². The zero-order valence-corrected chi connectivity index (χ0v) is 6.60. The normalized spacial score (nSPS) is 25.4. The Kier molecular flexibility index (Phi) is 1.69. The van der Waals surface area contributed by atoms with E-state index >= 15 is 0 Å². The number of nitrogens with two attached hydrogens (primary N) is 1. The van der Waals surface area contributed by atoms with Crippen molar-refractivity contribution in [3.63, 3.8) is 0 Å². The largest absolute Gasteiger partial charge is 0.338 e. The molecule has 1 atom stereocenters. The van der Waals surface area contributed by atoms with E-state index in [1.807, 2.05) is 6.20 Å². The van der Waals surface area contributed by atoms with E-state index in [2.05, 4.69) is 15.7 Å². The highest BCUT2D eigenvalue weighted by Crippen LogP contribution is 2.18. The van der Waals surface area contributed by atoms with Crippen molar-refractivity contribution in [2.75, 3.05) is 6.54 Å². The van der Waals surface area contributed by atoms with Crippen molar-refractivity contribution in [1.82, 2.24) is 4.98 Å². The predicted octanol–water partition coefficient (Wildman–Crippen LogP) is 0.541. The first-order valence-corrected chi connectivity index (χ1v) is 4.57. The molecule has 1 aromatic heterocycles. The average molecular weight is 155 g/mol. The van der Waals surface area contributed by atoms with Crippen LogP contribution < -0.4 is 5.32 Å². The molecule has 10 heavy (non-hydrogen) atoms. The van der Waals surface area contributed by atoms with E-state index in [0.717, 1.165) is 0 Å². The summed E-state index contributed by atoms with van der Waals surface area (Å²) in [4.78, 5) is 4.29. The fourth-order valence-electron chi connectivity index (χ4n) is 1.42. The lowest BCUT2D eigenvalue weighted by Crippen LogP contribution is -2.81. The smallest absolute Gasteiger partial charge is 0.150 e. The third-order valence-corrected chi connectivity index (χ3v) is 2.85. The van der Waals surface area contributed by atoms with Gasteiger partial charge in [-0.15, -0.1) is 11.3 Å². The number of thiazole rings is 1. The van der Waals surface area contributed by atoms with E-state index in [1.165, 1.54) is 24.4 Å². The van der Waals surface area contributed by atoms with Crippen LogP contribution in [-0.4, -0.2) is 11.5 Å². The Morgan fingerprint density at radius 1 is 1.70 bits per heavy atom. The summed E-state index contributed by atoms with van der Waals surface area (Å²) in [6, 6.07) is 0.681. The Morgan fingerprint density at radius 2 is 2.70 bits per heavy atom. The monoisotopic (exact) mass is 155 g/mol. The molecule has 0 aliphatic carbocycles. The molecule has 0 radical (unpaired) electrons. The van der Waals surface area contributed by atoms with Crippen LogP contribution >= 0.6 is 11.3 Å². The zero-order chi connectivity index (χ0) is 6.81. The Hall–Kier alpha value is -0.410. The quantitative estimate of drug-likeness (QED) is 0.630. The summed E-state index contributed by atoms with van der Waals surface area (Å²) in [6.45, 7) is 1.28. The second-order valence-corrected chi connectivity index (χ2v) is 3.57. The lowest BCUT2D eigenvalue weighted by Gasteiger charge is -1.99. The van der Waals surface area contributed by atoms with Crippen molar-refractivity contribution < 1.29 is 5.32 Å². The van der Waals surface area contributed by atoms with Crippen molar-refractivity contribution in [3.05, 3.63) is 16.6 Å². The van der Waals surface area contributed by atoms with Crippen LogP contribution in [0.15, 0.2) is 11.6 Å². The third kappa shape index (κ3) is 1.07. The standard InChI is InChI=1S/C7H10N2S/c1-2-6(8-3-1)7-9-4-5-10-7/h4-6,8H,1-3H2/p+1/t6-/m0/s1. The lowest BCUT2D eigenvalue weighted by molar-refractivity contribution is -0.676. The maximum atomic E-state index is 4.29. The Labute approximate surface area is 64.3 Å². The molecule has 0 bridgehead atoms. The van der Waals surface area contributed by atoms with Crippen LogP contribution in [0.4, 0.5) is 0 Å². The Balaban J connectivity index is 2.12. The molecular weight excluding hydrogens is 144 g/mol. The molecule has 2 nitrogen and oxygen atoms in total. The predicted molar refractivity (Wildman–Crippen MR) is 40.9 cm³/mol. The van der Waals surface area contributed by atoms with Crippen molar-refractivity contribution in [2.45, 2.75) is 18.9 Å². The van der Waals surface area contributed by atoms with Crippen molar-refractivity contribution in [1.29, 1.82) is 0 Å².